The Bertz CT molecular complexity index is 604. The van der Waals surface area contributed by atoms with Crippen molar-refractivity contribution in [3.8, 4) is 0 Å². The third-order valence-electron chi connectivity index (χ3n) is 4.18. The molecule has 0 bridgehead atoms. The summed E-state index contributed by atoms with van der Waals surface area (Å²) in [5, 5.41) is 11.8. The highest BCUT2D eigenvalue weighted by molar-refractivity contribution is 5.95. The molecule has 25 heavy (non-hydrogen) atoms. The highest BCUT2D eigenvalue weighted by Gasteiger charge is 2.29. The van der Waals surface area contributed by atoms with E-state index >= 15 is 0 Å². The van der Waals surface area contributed by atoms with Crippen LogP contribution < -0.4 is 5.32 Å². The number of hydrogen-bond acceptors (Lipinski definition) is 5. The molecule has 8 nitrogen and oxygen atoms in total. The first-order valence-electron chi connectivity index (χ1n) is 8.49. The number of hydrogen-bond donors (Lipinski definition) is 2. The van der Waals surface area contributed by atoms with E-state index in [4.69, 9.17) is 14.3 Å². The quantitative estimate of drug-likeness (QED) is 0.684. The van der Waals surface area contributed by atoms with Gasteiger partial charge in [-0.1, -0.05) is 0 Å². The van der Waals surface area contributed by atoms with Crippen molar-refractivity contribution >= 4 is 17.8 Å². The molecular formula is C17H24N2O6. The lowest BCUT2D eigenvalue weighted by Crippen LogP contribution is -2.43. The Balaban J connectivity index is 1.75. The van der Waals surface area contributed by atoms with Gasteiger partial charge in [-0.15, -0.1) is 0 Å². The van der Waals surface area contributed by atoms with Gasteiger partial charge in [-0.25, -0.2) is 4.79 Å². The summed E-state index contributed by atoms with van der Waals surface area (Å²) in [5.41, 5.74) is -0.0512. The van der Waals surface area contributed by atoms with Crippen molar-refractivity contribution in [2.75, 3.05) is 32.8 Å². The zero-order valence-corrected chi connectivity index (χ0v) is 14.3. The molecule has 1 aromatic heterocycles. The Hall–Kier alpha value is -2.35. The lowest BCUT2D eigenvalue weighted by Gasteiger charge is -2.30. The van der Waals surface area contributed by atoms with E-state index < -0.39 is 5.97 Å². The van der Waals surface area contributed by atoms with Crippen molar-refractivity contribution in [1.82, 2.24) is 10.2 Å². The van der Waals surface area contributed by atoms with E-state index in [2.05, 4.69) is 5.32 Å². The lowest BCUT2D eigenvalue weighted by molar-refractivity contribution is -0.126. The summed E-state index contributed by atoms with van der Waals surface area (Å²) in [6.07, 6.45) is 2.99. The number of piperidine rings is 1. The molecule has 138 valence electrons. The van der Waals surface area contributed by atoms with Crippen LogP contribution in [0.2, 0.25) is 0 Å². The third-order valence-corrected chi connectivity index (χ3v) is 4.18. The standard InChI is InChI=1S/C17H24N2O6/c1-2-24-9-3-6-18-15(20)12-4-7-19(8-5-12)16(21)14-10-13(11-25-14)17(22)23/h10-12H,2-9H2,1H3,(H,18,20)(H,22,23). The minimum Gasteiger partial charge on any atom is -0.478 e. The van der Waals surface area contributed by atoms with Crippen molar-refractivity contribution < 1.29 is 28.6 Å². The van der Waals surface area contributed by atoms with Crippen LogP contribution in [0.1, 0.15) is 47.1 Å². The lowest BCUT2D eigenvalue weighted by atomic mass is 9.95. The van der Waals surface area contributed by atoms with E-state index in [1.807, 2.05) is 6.92 Å². The van der Waals surface area contributed by atoms with E-state index in [0.717, 1.165) is 12.7 Å². The van der Waals surface area contributed by atoms with Crippen LogP contribution in [0.3, 0.4) is 0 Å². The van der Waals surface area contributed by atoms with Crippen LogP contribution >= 0.6 is 0 Å². The molecule has 1 aliphatic rings. The van der Waals surface area contributed by atoms with E-state index in [0.29, 0.717) is 45.7 Å². The second-order valence-corrected chi connectivity index (χ2v) is 5.91. The van der Waals surface area contributed by atoms with E-state index in [-0.39, 0.29) is 29.1 Å². The van der Waals surface area contributed by atoms with Crippen LogP contribution in [0, 0.1) is 5.92 Å². The molecule has 0 atom stereocenters. The fourth-order valence-electron chi connectivity index (χ4n) is 2.74. The number of ether oxygens (including phenoxy) is 1. The van der Waals surface area contributed by atoms with E-state index in [9.17, 15) is 14.4 Å². The van der Waals surface area contributed by atoms with Crippen molar-refractivity contribution in [3.63, 3.8) is 0 Å². The normalized spacial score (nSPS) is 15.2. The second kappa shape index (κ2) is 9.22. The smallest absolute Gasteiger partial charge is 0.338 e. The first-order chi connectivity index (χ1) is 12.0. The van der Waals surface area contributed by atoms with Crippen LogP contribution in [0.15, 0.2) is 16.7 Å². The molecule has 1 aliphatic heterocycles. The highest BCUT2D eigenvalue weighted by atomic mass is 16.5. The highest BCUT2D eigenvalue weighted by Crippen LogP contribution is 2.20. The summed E-state index contributed by atoms with van der Waals surface area (Å²) >= 11 is 0. The van der Waals surface area contributed by atoms with Gasteiger partial charge in [0.1, 0.15) is 6.26 Å². The maximum Gasteiger partial charge on any atom is 0.338 e. The first kappa shape index (κ1) is 19.0. The number of nitrogens with one attached hydrogen (secondary N) is 1. The number of likely N-dealkylation sites (tertiary alicyclic amines) is 1. The molecule has 1 saturated heterocycles. The fourth-order valence-corrected chi connectivity index (χ4v) is 2.74. The minimum atomic E-state index is -1.14. The Morgan fingerprint density at radius 3 is 2.68 bits per heavy atom. The zero-order chi connectivity index (χ0) is 18.2. The molecule has 0 aliphatic carbocycles. The predicted octanol–water partition coefficient (Wildman–Crippen LogP) is 1.37. The molecular weight excluding hydrogens is 328 g/mol. The van der Waals surface area contributed by atoms with Gasteiger partial charge in [0.2, 0.25) is 5.91 Å². The molecule has 8 heteroatoms. The van der Waals surface area contributed by atoms with Gasteiger partial charge in [-0.05, 0) is 26.2 Å². The van der Waals surface area contributed by atoms with Crippen molar-refractivity contribution in [2.45, 2.75) is 26.2 Å². The van der Waals surface area contributed by atoms with Crippen LogP contribution in [0.4, 0.5) is 0 Å². The number of carbonyl (C=O) groups excluding carboxylic acids is 2. The second-order valence-electron chi connectivity index (χ2n) is 5.91. The molecule has 0 radical (unpaired) electrons. The van der Waals surface area contributed by atoms with Gasteiger partial charge >= 0.3 is 5.97 Å². The summed E-state index contributed by atoms with van der Waals surface area (Å²) < 4.78 is 10.3. The average molecular weight is 352 g/mol. The van der Waals surface area contributed by atoms with E-state index in [1.54, 1.807) is 4.90 Å². The number of furan rings is 1. The van der Waals surface area contributed by atoms with Gasteiger partial charge in [-0.2, -0.15) is 0 Å². The molecule has 2 amide bonds. The molecule has 1 fully saturated rings. The minimum absolute atomic E-state index is 0.00904. The van der Waals surface area contributed by atoms with Crippen LogP contribution in [0.25, 0.3) is 0 Å². The van der Waals surface area contributed by atoms with Crippen LogP contribution in [0.5, 0.6) is 0 Å². The van der Waals surface area contributed by atoms with Gasteiger partial charge in [-0.3, -0.25) is 9.59 Å². The van der Waals surface area contributed by atoms with Gasteiger partial charge in [0.05, 0.1) is 5.56 Å². The summed E-state index contributed by atoms with van der Waals surface area (Å²) in [4.78, 5) is 36.9. The van der Waals surface area contributed by atoms with Gasteiger partial charge < -0.3 is 24.5 Å². The van der Waals surface area contributed by atoms with Crippen LogP contribution in [-0.2, 0) is 9.53 Å². The Morgan fingerprint density at radius 2 is 2.08 bits per heavy atom. The number of nitrogens with zero attached hydrogens (tertiary/aromatic N) is 1. The number of aromatic carboxylic acids is 1. The molecule has 2 N–H and O–H groups in total. The third kappa shape index (κ3) is 5.32. The Kier molecular flexibility index (Phi) is 7.00. The molecule has 0 unspecified atom stereocenters. The number of carboxylic acid groups (broad SMARTS) is 1. The predicted molar refractivity (Wildman–Crippen MR) is 88.4 cm³/mol. The van der Waals surface area contributed by atoms with Crippen molar-refractivity contribution in [3.05, 3.63) is 23.7 Å². The van der Waals surface area contributed by atoms with Gasteiger partial charge in [0, 0.05) is 44.8 Å². The number of amides is 2. The largest absolute Gasteiger partial charge is 0.478 e. The topological polar surface area (TPSA) is 109 Å². The maximum atomic E-state index is 12.3. The van der Waals surface area contributed by atoms with E-state index in [1.165, 1.54) is 6.07 Å². The summed E-state index contributed by atoms with van der Waals surface area (Å²) in [6, 6.07) is 1.22. The maximum absolute atomic E-state index is 12.3. The molecule has 1 aromatic rings. The Morgan fingerprint density at radius 1 is 1.36 bits per heavy atom. The molecule has 2 heterocycles. The zero-order valence-electron chi connectivity index (χ0n) is 14.3. The van der Waals surface area contributed by atoms with Gasteiger partial charge in [0.25, 0.3) is 5.91 Å². The number of carbonyl (C=O) groups is 3. The number of carboxylic acids is 1. The monoisotopic (exact) mass is 352 g/mol. The average Bonchev–Trinajstić information content (AvgIpc) is 3.11. The van der Waals surface area contributed by atoms with Gasteiger partial charge in [0.15, 0.2) is 5.76 Å². The number of rotatable bonds is 8. The Labute approximate surface area is 146 Å². The molecule has 2 rings (SSSR count). The van der Waals surface area contributed by atoms with Crippen molar-refractivity contribution in [1.29, 1.82) is 0 Å². The summed E-state index contributed by atoms with van der Waals surface area (Å²) in [6.45, 7) is 4.70. The molecule has 0 spiro atoms. The fraction of sp³-hybridized carbons (Fsp3) is 0.588. The SMILES string of the molecule is CCOCCCNC(=O)C1CCN(C(=O)c2cc(C(=O)O)co2)CC1. The van der Waals surface area contributed by atoms with Crippen LogP contribution in [-0.4, -0.2) is 60.6 Å². The molecule has 0 saturated carbocycles. The summed E-state index contributed by atoms with van der Waals surface area (Å²) in [5.74, 6) is -1.57. The molecule has 0 aromatic carbocycles. The van der Waals surface area contributed by atoms with Crippen molar-refractivity contribution in [2.24, 2.45) is 5.92 Å². The summed E-state index contributed by atoms with van der Waals surface area (Å²) in [7, 11) is 0. The first-order valence-corrected chi connectivity index (χ1v) is 8.49.